The van der Waals surface area contributed by atoms with Crippen molar-refractivity contribution in [3.05, 3.63) is 47.3 Å². The van der Waals surface area contributed by atoms with Gasteiger partial charge < -0.3 is 10.1 Å². The van der Waals surface area contributed by atoms with Crippen LogP contribution in [0.25, 0.3) is 0 Å². The minimum Gasteiger partial charge on any atom is -0.496 e. The number of nitrogens with zero attached hydrogens (tertiary/aromatic N) is 2. The van der Waals surface area contributed by atoms with Gasteiger partial charge in [0.2, 0.25) is 0 Å². The molecule has 0 radical (unpaired) electrons. The Bertz CT molecular complexity index is 730. The van der Waals surface area contributed by atoms with Gasteiger partial charge in [0.15, 0.2) is 0 Å². The number of carbonyl (C=O) groups excluding carboxylic acids is 1. The highest BCUT2D eigenvalue weighted by Crippen LogP contribution is 2.44. The Morgan fingerprint density at radius 1 is 1.33 bits per heavy atom. The molecule has 1 saturated carbocycles. The van der Waals surface area contributed by atoms with Crippen LogP contribution in [0.2, 0.25) is 0 Å². The Kier molecular flexibility index (Phi) is 4.60. The van der Waals surface area contributed by atoms with Crippen molar-refractivity contribution in [3.63, 3.8) is 0 Å². The van der Waals surface area contributed by atoms with Crippen molar-refractivity contribution >= 4 is 5.91 Å². The molecule has 1 fully saturated rings. The van der Waals surface area contributed by atoms with Crippen molar-refractivity contribution in [3.8, 4) is 5.75 Å². The van der Waals surface area contributed by atoms with E-state index in [9.17, 15) is 4.79 Å². The SMILES string of the molecule is COc1ccccc1C1(CNC(=O)c2cc(C)nn2C)CCCC1. The Morgan fingerprint density at radius 2 is 2.04 bits per heavy atom. The summed E-state index contributed by atoms with van der Waals surface area (Å²) in [6, 6.07) is 9.98. The van der Waals surface area contributed by atoms with Gasteiger partial charge in [-0.15, -0.1) is 0 Å². The molecule has 0 aliphatic heterocycles. The third kappa shape index (κ3) is 3.03. The van der Waals surface area contributed by atoms with Crippen LogP contribution in [0.3, 0.4) is 0 Å². The average molecular weight is 327 g/mol. The molecule has 128 valence electrons. The van der Waals surface area contributed by atoms with Crippen LogP contribution in [0.1, 0.15) is 47.4 Å². The number of aromatic nitrogens is 2. The van der Waals surface area contributed by atoms with Gasteiger partial charge in [-0.05, 0) is 31.9 Å². The number of benzene rings is 1. The van der Waals surface area contributed by atoms with E-state index in [1.165, 1.54) is 18.4 Å². The molecule has 1 N–H and O–H groups in total. The van der Waals surface area contributed by atoms with E-state index >= 15 is 0 Å². The van der Waals surface area contributed by atoms with Crippen LogP contribution in [0, 0.1) is 6.92 Å². The maximum Gasteiger partial charge on any atom is 0.269 e. The zero-order chi connectivity index (χ0) is 17.2. The number of amides is 1. The fraction of sp³-hybridized carbons (Fsp3) is 0.474. The number of aryl methyl sites for hydroxylation is 2. The predicted molar refractivity (Wildman–Crippen MR) is 93.4 cm³/mol. The van der Waals surface area contributed by atoms with E-state index in [1.807, 2.05) is 31.2 Å². The van der Waals surface area contributed by atoms with E-state index in [2.05, 4.69) is 16.5 Å². The highest BCUT2D eigenvalue weighted by atomic mass is 16.5. The summed E-state index contributed by atoms with van der Waals surface area (Å²) < 4.78 is 7.20. The molecule has 5 heteroatoms. The predicted octanol–water partition coefficient (Wildman–Crippen LogP) is 2.98. The van der Waals surface area contributed by atoms with Crippen molar-refractivity contribution in [2.24, 2.45) is 7.05 Å². The highest BCUT2D eigenvalue weighted by Gasteiger charge is 2.38. The molecule has 1 aromatic carbocycles. The van der Waals surface area contributed by atoms with Gasteiger partial charge in [-0.1, -0.05) is 31.0 Å². The first-order valence-corrected chi connectivity index (χ1v) is 8.48. The third-order valence-corrected chi connectivity index (χ3v) is 5.06. The van der Waals surface area contributed by atoms with Crippen molar-refractivity contribution in [2.45, 2.75) is 38.0 Å². The summed E-state index contributed by atoms with van der Waals surface area (Å²) in [7, 11) is 3.51. The second kappa shape index (κ2) is 6.67. The van der Waals surface area contributed by atoms with E-state index in [-0.39, 0.29) is 11.3 Å². The van der Waals surface area contributed by atoms with Gasteiger partial charge in [0.25, 0.3) is 5.91 Å². The van der Waals surface area contributed by atoms with Crippen molar-refractivity contribution in [2.75, 3.05) is 13.7 Å². The summed E-state index contributed by atoms with van der Waals surface area (Å²) in [5.74, 6) is 0.837. The monoisotopic (exact) mass is 327 g/mol. The number of carbonyl (C=O) groups is 1. The molecule has 1 heterocycles. The zero-order valence-electron chi connectivity index (χ0n) is 14.6. The van der Waals surface area contributed by atoms with Gasteiger partial charge in [-0.2, -0.15) is 5.10 Å². The average Bonchev–Trinajstić information content (AvgIpc) is 3.19. The van der Waals surface area contributed by atoms with Gasteiger partial charge in [-0.25, -0.2) is 0 Å². The molecule has 5 nitrogen and oxygen atoms in total. The Labute approximate surface area is 143 Å². The van der Waals surface area contributed by atoms with E-state index in [1.54, 1.807) is 18.8 Å². The van der Waals surface area contributed by atoms with Crippen LogP contribution < -0.4 is 10.1 Å². The quantitative estimate of drug-likeness (QED) is 0.918. The first-order valence-electron chi connectivity index (χ1n) is 8.48. The molecule has 1 amide bonds. The molecule has 0 bridgehead atoms. The molecule has 0 unspecified atom stereocenters. The lowest BCUT2D eigenvalue weighted by molar-refractivity contribution is 0.0933. The van der Waals surface area contributed by atoms with Gasteiger partial charge in [0.1, 0.15) is 11.4 Å². The molecule has 1 aliphatic rings. The molecule has 2 aromatic rings. The topological polar surface area (TPSA) is 56.1 Å². The van der Waals surface area contributed by atoms with E-state index < -0.39 is 0 Å². The van der Waals surface area contributed by atoms with Gasteiger partial charge in [0.05, 0.1) is 12.8 Å². The van der Waals surface area contributed by atoms with Crippen LogP contribution >= 0.6 is 0 Å². The Balaban J connectivity index is 1.82. The highest BCUT2D eigenvalue weighted by molar-refractivity contribution is 5.92. The number of rotatable bonds is 5. The summed E-state index contributed by atoms with van der Waals surface area (Å²) >= 11 is 0. The summed E-state index contributed by atoms with van der Waals surface area (Å²) in [4.78, 5) is 12.6. The molecule has 3 rings (SSSR count). The molecule has 0 saturated heterocycles. The maximum atomic E-state index is 12.6. The number of para-hydroxylation sites is 1. The second-order valence-electron chi connectivity index (χ2n) is 6.66. The van der Waals surface area contributed by atoms with Gasteiger partial charge in [-0.3, -0.25) is 9.48 Å². The number of hydrogen-bond donors (Lipinski definition) is 1. The normalized spacial score (nSPS) is 16.1. The summed E-state index contributed by atoms with van der Waals surface area (Å²) in [5.41, 5.74) is 2.60. The molecule has 0 atom stereocenters. The molecular weight excluding hydrogens is 302 g/mol. The fourth-order valence-corrected chi connectivity index (χ4v) is 3.84. The van der Waals surface area contributed by atoms with E-state index in [4.69, 9.17) is 4.74 Å². The summed E-state index contributed by atoms with van der Waals surface area (Å²) in [5, 5.41) is 7.38. The Hall–Kier alpha value is -2.30. The maximum absolute atomic E-state index is 12.6. The van der Waals surface area contributed by atoms with Crippen LogP contribution in [0.4, 0.5) is 0 Å². The lowest BCUT2D eigenvalue weighted by Crippen LogP contribution is -2.39. The standard InChI is InChI=1S/C19H25N3O2/c1-14-12-16(22(2)21-14)18(23)20-13-19(10-6-7-11-19)15-8-4-5-9-17(15)24-3/h4-5,8-9,12H,6-7,10-11,13H2,1-3H3,(H,20,23). The number of nitrogens with one attached hydrogen (secondary N) is 1. The number of ether oxygens (including phenoxy) is 1. The smallest absolute Gasteiger partial charge is 0.269 e. The second-order valence-corrected chi connectivity index (χ2v) is 6.66. The first-order chi connectivity index (χ1) is 11.6. The van der Waals surface area contributed by atoms with Crippen LogP contribution in [-0.4, -0.2) is 29.3 Å². The molecule has 1 aromatic heterocycles. The van der Waals surface area contributed by atoms with Crippen LogP contribution in [0.5, 0.6) is 5.75 Å². The Morgan fingerprint density at radius 3 is 2.67 bits per heavy atom. The lowest BCUT2D eigenvalue weighted by atomic mass is 9.78. The van der Waals surface area contributed by atoms with Crippen molar-refractivity contribution < 1.29 is 9.53 Å². The molecule has 1 aliphatic carbocycles. The molecular formula is C19H25N3O2. The van der Waals surface area contributed by atoms with E-state index in [0.29, 0.717) is 12.2 Å². The minimum absolute atomic E-state index is 0.0457. The van der Waals surface area contributed by atoms with Crippen molar-refractivity contribution in [1.29, 1.82) is 0 Å². The lowest BCUT2D eigenvalue weighted by Gasteiger charge is -2.31. The van der Waals surface area contributed by atoms with Gasteiger partial charge in [0, 0.05) is 24.6 Å². The number of methoxy groups -OCH3 is 1. The van der Waals surface area contributed by atoms with Gasteiger partial charge >= 0.3 is 0 Å². The van der Waals surface area contributed by atoms with Crippen molar-refractivity contribution in [1.82, 2.24) is 15.1 Å². The minimum atomic E-state index is -0.0701. The summed E-state index contributed by atoms with van der Waals surface area (Å²) in [6.07, 6.45) is 4.49. The largest absolute Gasteiger partial charge is 0.496 e. The zero-order valence-corrected chi connectivity index (χ0v) is 14.6. The summed E-state index contributed by atoms with van der Waals surface area (Å²) in [6.45, 7) is 2.51. The molecule has 0 spiro atoms. The number of hydrogen-bond acceptors (Lipinski definition) is 3. The first kappa shape index (κ1) is 16.6. The fourth-order valence-electron chi connectivity index (χ4n) is 3.84. The van der Waals surface area contributed by atoms with E-state index in [0.717, 1.165) is 24.3 Å². The third-order valence-electron chi connectivity index (χ3n) is 5.06. The van der Waals surface area contributed by atoms with Crippen LogP contribution in [-0.2, 0) is 12.5 Å². The van der Waals surface area contributed by atoms with Crippen LogP contribution in [0.15, 0.2) is 30.3 Å². The molecule has 24 heavy (non-hydrogen) atoms.